The molecule has 2 amide bonds. The molecule has 0 heterocycles. The molecule has 4 N–H and O–H groups in total. The van der Waals surface area contributed by atoms with Crippen LogP contribution in [0.1, 0.15) is 18.1 Å². The fraction of sp³-hybridized carbons (Fsp3) is 0.182. The van der Waals surface area contributed by atoms with Gasteiger partial charge >= 0.3 is 11.8 Å². The molecule has 0 fully saturated rings. The fourth-order valence-electron chi connectivity index (χ4n) is 1.19. The lowest BCUT2D eigenvalue weighted by atomic mass is 10.1. The van der Waals surface area contributed by atoms with Crippen LogP contribution in [0.25, 0.3) is 0 Å². The number of phenols is 1. The van der Waals surface area contributed by atoms with E-state index in [4.69, 9.17) is 5.73 Å². The predicted octanol–water partition coefficient (Wildman–Crippen LogP) is 0.0261. The summed E-state index contributed by atoms with van der Waals surface area (Å²) < 4.78 is 0. The van der Waals surface area contributed by atoms with Gasteiger partial charge < -0.3 is 10.8 Å². The SMILES string of the molecule is C/C(=N\NC(=O)C(N)=O)c1cc(C)ccc1O. The number of nitrogens with zero attached hydrogens (tertiary/aromatic N) is 1. The van der Waals surface area contributed by atoms with Crippen LogP contribution < -0.4 is 11.2 Å². The quantitative estimate of drug-likeness (QED) is 0.382. The first-order valence-electron chi connectivity index (χ1n) is 4.86. The van der Waals surface area contributed by atoms with Gasteiger partial charge in [0.1, 0.15) is 5.75 Å². The number of phenolic OH excluding ortho intramolecular Hbond substituents is 1. The van der Waals surface area contributed by atoms with Crippen molar-refractivity contribution in [3.63, 3.8) is 0 Å². The van der Waals surface area contributed by atoms with Crippen LogP contribution in [0.15, 0.2) is 23.3 Å². The van der Waals surface area contributed by atoms with Crippen LogP contribution in [0.5, 0.6) is 5.75 Å². The monoisotopic (exact) mass is 235 g/mol. The van der Waals surface area contributed by atoms with Gasteiger partial charge in [0.15, 0.2) is 0 Å². The van der Waals surface area contributed by atoms with Crippen molar-refractivity contribution in [2.24, 2.45) is 10.8 Å². The number of carbonyl (C=O) groups is 2. The molecule has 0 saturated heterocycles. The van der Waals surface area contributed by atoms with E-state index in [1.807, 2.05) is 12.3 Å². The second-order valence-electron chi connectivity index (χ2n) is 3.52. The van der Waals surface area contributed by atoms with Crippen molar-refractivity contribution in [1.29, 1.82) is 0 Å². The Morgan fingerprint density at radius 2 is 2.06 bits per heavy atom. The van der Waals surface area contributed by atoms with Gasteiger partial charge in [-0.25, -0.2) is 5.43 Å². The lowest BCUT2D eigenvalue weighted by molar-refractivity contribution is -0.137. The van der Waals surface area contributed by atoms with Crippen molar-refractivity contribution < 1.29 is 14.7 Å². The van der Waals surface area contributed by atoms with Gasteiger partial charge in [0.2, 0.25) is 0 Å². The number of hydrogen-bond donors (Lipinski definition) is 3. The topological polar surface area (TPSA) is 105 Å². The molecule has 17 heavy (non-hydrogen) atoms. The maximum atomic E-state index is 10.9. The van der Waals surface area contributed by atoms with Crippen molar-refractivity contribution in [1.82, 2.24) is 5.43 Å². The molecule has 0 radical (unpaired) electrons. The van der Waals surface area contributed by atoms with Crippen LogP contribution >= 0.6 is 0 Å². The van der Waals surface area contributed by atoms with Crippen molar-refractivity contribution >= 4 is 17.5 Å². The van der Waals surface area contributed by atoms with Gasteiger partial charge in [0.05, 0.1) is 5.71 Å². The van der Waals surface area contributed by atoms with Crippen LogP contribution in [0.3, 0.4) is 0 Å². The van der Waals surface area contributed by atoms with Crippen molar-refractivity contribution in [3.05, 3.63) is 29.3 Å². The number of hydrogen-bond acceptors (Lipinski definition) is 4. The van der Waals surface area contributed by atoms with Crippen LogP contribution in [0, 0.1) is 6.92 Å². The van der Waals surface area contributed by atoms with Crippen LogP contribution in [0.4, 0.5) is 0 Å². The number of benzene rings is 1. The number of carbonyl (C=O) groups excluding carboxylic acids is 2. The lowest BCUT2D eigenvalue weighted by Crippen LogP contribution is -2.33. The first-order chi connectivity index (χ1) is 7.91. The highest BCUT2D eigenvalue weighted by Crippen LogP contribution is 2.18. The van der Waals surface area contributed by atoms with E-state index in [1.165, 1.54) is 6.07 Å². The Morgan fingerprint density at radius 3 is 2.65 bits per heavy atom. The zero-order valence-electron chi connectivity index (χ0n) is 9.52. The summed E-state index contributed by atoms with van der Waals surface area (Å²) in [5.74, 6) is -2.07. The second kappa shape index (κ2) is 5.11. The molecule has 0 aliphatic heterocycles. The van der Waals surface area contributed by atoms with Crippen LogP contribution in [-0.4, -0.2) is 22.6 Å². The Kier molecular flexibility index (Phi) is 3.82. The van der Waals surface area contributed by atoms with Gasteiger partial charge in [0.25, 0.3) is 0 Å². The average molecular weight is 235 g/mol. The lowest BCUT2D eigenvalue weighted by Gasteiger charge is -2.05. The summed E-state index contributed by atoms with van der Waals surface area (Å²) in [6.07, 6.45) is 0. The third-order valence-corrected chi connectivity index (χ3v) is 2.09. The zero-order chi connectivity index (χ0) is 13.0. The molecule has 6 heteroatoms. The van der Waals surface area contributed by atoms with E-state index in [0.717, 1.165) is 5.56 Å². The molecule has 0 unspecified atom stereocenters. The number of hydrazone groups is 1. The molecule has 6 nitrogen and oxygen atoms in total. The van der Waals surface area contributed by atoms with Gasteiger partial charge in [-0.15, -0.1) is 0 Å². The molecular weight excluding hydrogens is 222 g/mol. The van der Waals surface area contributed by atoms with E-state index >= 15 is 0 Å². The minimum Gasteiger partial charge on any atom is -0.507 e. The summed E-state index contributed by atoms with van der Waals surface area (Å²) >= 11 is 0. The summed E-state index contributed by atoms with van der Waals surface area (Å²) in [5, 5.41) is 13.3. The van der Waals surface area contributed by atoms with Gasteiger partial charge in [0, 0.05) is 5.56 Å². The fourth-order valence-corrected chi connectivity index (χ4v) is 1.19. The molecule has 0 aliphatic carbocycles. The molecule has 0 atom stereocenters. The molecule has 0 aromatic heterocycles. The van der Waals surface area contributed by atoms with Gasteiger partial charge in [-0.3, -0.25) is 9.59 Å². The van der Waals surface area contributed by atoms with E-state index in [1.54, 1.807) is 19.1 Å². The minimum absolute atomic E-state index is 0.0465. The highest BCUT2D eigenvalue weighted by molar-refractivity contribution is 6.34. The molecule has 1 aromatic rings. The molecule has 1 aromatic carbocycles. The molecule has 90 valence electrons. The molecule has 0 aliphatic rings. The summed E-state index contributed by atoms with van der Waals surface area (Å²) in [5.41, 5.74) is 8.53. The first kappa shape index (κ1) is 12.7. The maximum absolute atomic E-state index is 10.9. The van der Waals surface area contributed by atoms with Crippen molar-refractivity contribution in [2.45, 2.75) is 13.8 Å². The molecule has 0 bridgehead atoms. The normalized spacial score (nSPS) is 11.1. The van der Waals surface area contributed by atoms with E-state index in [9.17, 15) is 14.7 Å². The number of nitrogens with one attached hydrogen (secondary N) is 1. The van der Waals surface area contributed by atoms with Gasteiger partial charge in [-0.1, -0.05) is 11.6 Å². The largest absolute Gasteiger partial charge is 0.507 e. The number of primary amides is 1. The first-order valence-corrected chi connectivity index (χ1v) is 4.86. The van der Waals surface area contributed by atoms with E-state index < -0.39 is 11.8 Å². The summed E-state index contributed by atoms with van der Waals surface area (Å²) in [6.45, 7) is 3.45. The third kappa shape index (κ3) is 3.30. The number of aromatic hydroxyl groups is 1. The van der Waals surface area contributed by atoms with E-state index in [2.05, 4.69) is 5.10 Å². The van der Waals surface area contributed by atoms with Crippen molar-refractivity contribution in [2.75, 3.05) is 0 Å². The third-order valence-electron chi connectivity index (χ3n) is 2.09. The Morgan fingerprint density at radius 1 is 1.41 bits per heavy atom. The second-order valence-corrected chi connectivity index (χ2v) is 3.52. The summed E-state index contributed by atoms with van der Waals surface area (Å²) in [4.78, 5) is 21.3. The van der Waals surface area contributed by atoms with Gasteiger partial charge in [-0.2, -0.15) is 5.10 Å². The minimum atomic E-state index is -1.12. The smallest absolute Gasteiger partial charge is 0.329 e. The van der Waals surface area contributed by atoms with E-state index in [0.29, 0.717) is 11.3 Å². The standard InChI is InChI=1S/C11H13N3O3/c1-6-3-4-9(15)8(5-6)7(2)13-14-11(17)10(12)16/h3-5,15H,1-2H3,(H2,12,16)(H,14,17)/b13-7+. The number of rotatable bonds is 2. The zero-order valence-corrected chi connectivity index (χ0v) is 9.52. The highest BCUT2D eigenvalue weighted by Gasteiger charge is 2.08. The van der Waals surface area contributed by atoms with Gasteiger partial charge in [-0.05, 0) is 26.0 Å². The Hall–Kier alpha value is -2.37. The maximum Gasteiger partial charge on any atom is 0.329 e. The Labute approximate surface area is 98.1 Å². The van der Waals surface area contributed by atoms with Crippen molar-refractivity contribution in [3.8, 4) is 5.75 Å². The molecular formula is C11H13N3O3. The van der Waals surface area contributed by atoms with E-state index in [-0.39, 0.29) is 5.75 Å². The molecule has 1 rings (SSSR count). The molecule has 0 spiro atoms. The number of nitrogens with two attached hydrogens (primary N) is 1. The average Bonchev–Trinajstić information content (AvgIpc) is 2.28. The number of amides is 2. The number of aryl methyl sites for hydroxylation is 1. The summed E-state index contributed by atoms with van der Waals surface area (Å²) in [7, 11) is 0. The highest BCUT2D eigenvalue weighted by atomic mass is 16.3. The molecule has 0 saturated carbocycles. The van der Waals surface area contributed by atoms with Crippen LogP contribution in [0.2, 0.25) is 0 Å². The predicted molar refractivity (Wildman–Crippen MR) is 62.4 cm³/mol. The summed E-state index contributed by atoms with van der Waals surface area (Å²) in [6, 6.07) is 4.98. The Bertz CT molecular complexity index is 495. The van der Waals surface area contributed by atoms with Crippen LogP contribution in [-0.2, 0) is 9.59 Å². The Balaban J connectivity index is 2.92.